The third kappa shape index (κ3) is 4.58. The standard InChI is InChI=1S/C23H20N2O5S2/c1-16-8-10-19(11-9-16)25(2)32(27,28)20-6-3-5-17(13-20)23(26)30-14-18-15-31-22(24-18)21-7-4-12-29-21/h3-13,15H,14H2,1-2H3. The van der Waals surface area contributed by atoms with Gasteiger partial charge in [0.25, 0.3) is 10.0 Å². The minimum absolute atomic E-state index is 0.00351. The summed E-state index contributed by atoms with van der Waals surface area (Å²) in [6.07, 6.45) is 1.56. The first-order valence-corrected chi connectivity index (χ1v) is 12.0. The minimum atomic E-state index is -3.85. The number of nitrogens with zero attached hydrogens (tertiary/aromatic N) is 2. The molecule has 2 aromatic heterocycles. The normalized spacial score (nSPS) is 11.3. The van der Waals surface area contributed by atoms with Gasteiger partial charge in [0.1, 0.15) is 6.61 Å². The molecule has 0 fully saturated rings. The number of anilines is 1. The summed E-state index contributed by atoms with van der Waals surface area (Å²) in [4.78, 5) is 16.9. The lowest BCUT2D eigenvalue weighted by Crippen LogP contribution is -2.26. The van der Waals surface area contributed by atoms with E-state index in [-0.39, 0.29) is 17.1 Å². The van der Waals surface area contributed by atoms with Gasteiger partial charge in [-0.1, -0.05) is 23.8 Å². The quantitative estimate of drug-likeness (QED) is 0.359. The molecule has 0 saturated heterocycles. The zero-order valence-corrected chi connectivity index (χ0v) is 19.0. The Labute approximate surface area is 190 Å². The maximum atomic E-state index is 13.0. The van der Waals surface area contributed by atoms with Crippen LogP contribution >= 0.6 is 11.3 Å². The second kappa shape index (κ2) is 8.97. The Morgan fingerprint density at radius 2 is 1.91 bits per heavy atom. The van der Waals surface area contributed by atoms with Crippen LogP contribution in [0.15, 0.2) is 81.6 Å². The third-order valence-electron chi connectivity index (χ3n) is 4.76. The summed E-state index contributed by atoms with van der Waals surface area (Å²) in [5.41, 5.74) is 2.28. The van der Waals surface area contributed by atoms with Crippen molar-refractivity contribution in [1.29, 1.82) is 0 Å². The molecule has 0 saturated carbocycles. The number of sulfonamides is 1. The summed E-state index contributed by atoms with van der Waals surface area (Å²) in [6.45, 7) is 1.90. The van der Waals surface area contributed by atoms with Crippen LogP contribution in [0, 0.1) is 6.92 Å². The highest BCUT2D eigenvalue weighted by Gasteiger charge is 2.23. The highest BCUT2D eigenvalue weighted by Crippen LogP contribution is 2.25. The number of ether oxygens (including phenoxy) is 1. The van der Waals surface area contributed by atoms with Crippen LogP contribution in [0.2, 0.25) is 0 Å². The molecular formula is C23H20N2O5S2. The predicted molar refractivity (Wildman–Crippen MR) is 122 cm³/mol. The van der Waals surface area contributed by atoms with Crippen LogP contribution in [-0.4, -0.2) is 26.4 Å². The largest absolute Gasteiger partial charge is 0.462 e. The molecule has 0 aliphatic rings. The third-order valence-corrected chi connectivity index (χ3v) is 7.45. The maximum Gasteiger partial charge on any atom is 0.338 e. The lowest BCUT2D eigenvalue weighted by Gasteiger charge is -2.20. The fourth-order valence-electron chi connectivity index (χ4n) is 2.94. The van der Waals surface area contributed by atoms with Crippen molar-refractivity contribution in [2.45, 2.75) is 18.4 Å². The first-order chi connectivity index (χ1) is 15.3. The maximum absolute atomic E-state index is 13.0. The molecule has 0 N–H and O–H groups in total. The number of carbonyl (C=O) groups excluding carboxylic acids is 1. The van der Waals surface area contributed by atoms with E-state index in [9.17, 15) is 13.2 Å². The van der Waals surface area contributed by atoms with Crippen LogP contribution in [0.25, 0.3) is 10.8 Å². The van der Waals surface area contributed by atoms with E-state index in [0.29, 0.717) is 22.1 Å². The van der Waals surface area contributed by atoms with E-state index in [1.807, 2.05) is 19.1 Å². The molecule has 0 aliphatic heterocycles. The molecule has 32 heavy (non-hydrogen) atoms. The second-order valence-corrected chi connectivity index (χ2v) is 9.86. The number of rotatable bonds is 7. The lowest BCUT2D eigenvalue weighted by molar-refractivity contribution is 0.0468. The molecular weight excluding hydrogens is 448 g/mol. The summed E-state index contributed by atoms with van der Waals surface area (Å²) in [5, 5.41) is 2.47. The van der Waals surface area contributed by atoms with Gasteiger partial charge < -0.3 is 9.15 Å². The monoisotopic (exact) mass is 468 g/mol. The van der Waals surface area contributed by atoms with Gasteiger partial charge in [0.2, 0.25) is 0 Å². The van der Waals surface area contributed by atoms with E-state index in [1.165, 1.54) is 47.0 Å². The van der Waals surface area contributed by atoms with Gasteiger partial charge in [0.05, 0.1) is 28.1 Å². The van der Waals surface area contributed by atoms with E-state index < -0.39 is 16.0 Å². The summed E-state index contributed by atoms with van der Waals surface area (Å²) in [5.74, 6) is 0.00997. The van der Waals surface area contributed by atoms with Crippen molar-refractivity contribution in [3.8, 4) is 10.8 Å². The van der Waals surface area contributed by atoms with E-state index in [1.54, 1.807) is 35.9 Å². The van der Waals surface area contributed by atoms with E-state index in [2.05, 4.69) is 4.98 Å². The molecule has 164 valence electrons. The number of carbonyl (C=O) groups is 1. The van der Waals surface area contributed by atoms with Gasteiger partial charge in [-0.3, -0.25) is 4.31 Å². The van der Waals surface area contributed by atoms with Crippen molar-refractivity contribution in [3.63, 3.8) is 0 Å². The van der Waals surface area contributed by atoms with Gasteiger partial charge in [-0.25, -0.2) is 18.2 Å². The first kappa shape index (κ1) is 21.8. The average Bonchev–Trinajstić information content (AvgIpc) is 3.49. The molecule has 4 rings (SSSR count). The van der Waals surface area contributed by atoms with Crippen LogP contribution in [0.1, 0.15) is 21.6 Å². The van der Waals surface area contributed by atoms with Crippen molar-refractivity contribution < 1.29 is 22.4 Å². The fraction of sp³-hybridized carbons (Fsp3) is 0.130. The van der Waals surface area contributed by atoms with E-state index in [0.717, 1.165) is 5.56 Å². The second-order valence-electron chi connectivity index (χ2n) is 7.03. The Hall–Kier alpha value is -3.43. The molecule has 0 bridgehead atoms. The van der Waals surface area contributed by atoms with Gasteiger partial charge in [-0.2, -0.15) is 0 Å². The first-order valence-electron chi connectivity index (χ1n) is 9.65. The van der Waals surface area contributed by atoms with Gasteiger partial charge in [-0.15, -0.1) is 11.3 Å². The summed E-state index contributed by atoms with van der Waals surface area (Å²) >= 11 is 1.38. The molecule has 0 unspecified atom stereocenters. The SMILES string of the molecule is Cc1ccc(N(C)S(=O)(=O)c2cccc(C(=O)OCc3csc(-c4ccco4)n3)c2)cc1. The van der Waals surface area contributed by atoms with Crippen molar-refractivity contribution >= 4 is 33.0 Å². The Bertz CT molecular complexity index is 1330. The average molecular weight is 469 g/mol. The molecule has 4 aromatic rings. The van der Waals surface area contributed by atoms with Crippen molar-refractivity contribution in [3.05, 3.63) is 89.1 Å². The van der Waals surface area contributed by atoms with Gasteiger partial charge in [0, 0.05) is 12.4 Å². The number of hydrogen-bond donors (Lipinski definition) is 0. The number of aryl methyl sites for hydroxylation is 1. The number of benzene rings is 2. The van der Waals surface area contributed by atoms with Crippen LogP contribution in [0.3, 0.4) is 0 Å². The Kier molecular flexibility index (Phi) is 6.11. The highest BCUT2D eigenvalue weighted by atomic mass is 32.2. The molecule has 0 radical (unpaired) electrons. The zero-order chi connectivity index (χ0) is 22.7. The number of esters is 1. The number of hydrogen-bond acceptors (Lipinski definition) is 7. The number of thiazole rings is 1. The summed E-state index contributed by atoms with van der Waals surface area (Å²) < 4.78 is 37.9. The highest BCUT2D eigenvalue weighted by molar-refractivity contribution is 7.92. The molecule has 0 amide bonds. The summed E-state index contributed by atoms with van der Waals surface area (Å²) in [6, 6.07) is 16.5. The van der Waals surface area contributed by atoms with Crippen molar-refractivity contribution in [1.82, 2.24) is 4.98 Å². The van der Waals surface area contributed by atoms with Crippen molar-refractivity contribution in [2.24, 2.45) is 0 Å². The number of aromatic nitrogens is 1. The fourth-order valence-corrected chi connectivity index (χ4v) is 4.96. The Morgan fingerprint density at radius 1 is 1.12 bits per heavy atom. The zero-order valence-electron chi connectivity index (χ0n) is 17.4. The molecule has 2 heterocycles. The van der Waals surface area contributed by atoms with Gasteiger partial charge in [0.15, 0.2) is 10.8 Å². The topological polar surface area (TPSA) is 89.7 Å². The predicted octanol–water partition coefficient (Wildman–Crippen LogP) is 4.89. The van der Waals surface area contributed by atoms with E-state index in [4.69, 9.17) is 9.15 Å². The lowest BCUT2D eigenvalue weighted by atomic mass is 10.2. The number of furan rings is 1. The van der Waals surface area contributed by atoms with Crippen molar-refractivity contribution in [2.75, 3.05) is 11.4 Å². The van der Waals surface area contributed by atoms with Crippen LogP contribution in [0.5, 0.6) is 0 Å². The Balaban J connectivity index is 1.47. The minimum Gasteiger partial charge on any atom is -0.462 e. The van der Waals surface area contributed by atoms with E-state index >= 15 is 0 Å². The van der Waals surface area contributed by atoms with Crippen LogP contribution in [0.4, 0.5) is 5.69 Å². The van der Waals surface area contributed by atoms with Gasteiger partial charge >= 0.3 is 5.97 Å². The van der Waals surface area contributed by atoms with Crippen LogP contribution < -0.4 is 4.31 Å². The molecule has 0 spiro atoms. The molecule has 2 aromatic carbocycles. The molecule has 0 atom stereocenters. The molecule has 7 nitrogen and oxygen atoms in total. The molecule has 0 aliphatic carbocycles. The Morgan fingerprint density at radius 3 is 2.62 bits per heavy atom. The molecule has 9 heteroatoms. The smallest absolute Gasteiger partial charge is 0.338 e. The van der Waals surface area contributed by atoms with Crippen LogP contribution in [-0.2, 0) is 21.4 Å². The van der Waals surface area contributed by atoms with Gasteiger partial charge in [-0.05, 0) is 49.4 Å². The summed E-state index contributed by atoms with van der Waals surface area (Å²) in [7, 11) is -2.37.